The van der Waals surface area contributed by atoms with Crippen molar-refractivity contribution in [1.29, 1.82) is 10.7 Å². The van der Waals surface area contributed by atoms with E-state index < -0.39 is 5.97 Å². The van der Waals surface area contributed by atoms with Crippen molar-refractivity contribution in [2.75, 3.05) is 37.7 Å². The third-order valence-corrected chi connectivity index (χ3v) is 5.97. The van der Waals surface area contributed by atoms with E-state index in [2.05, 4.69) is 23.1 Å². The molecule has 0 atom stereocenters. The second-order valence-electron chi connectivity index (χ2n) is 6.79. The monoisotopic (exact) mass is 424 g/mol. The average Bonchev–Trinajstić information content (AvgIpc) is 3.05. The minimum atomic E-state index is -0.589. The molecule has 30 heavy (non-hydrogen) atoms. The van der Waals surface area contributed by atoms with Crippen molar-refractivity contribution in [3.8, 4) is 11.8 Å². The van der Waals surface area contributed by atoms with Crippen LogP contribution in [0.5, 0.6) is 5.75 Å². The van der Waals surface area contributed by atoms with Crippen LogP contribution < -0.4 is 4.90 Å². The molecule has 0 saturated carbocycles. The highest BCUT2D eigenvalue weighted by molar-refractivity contribution is 7.13. The maximum absolute atomic E-state index is 12.1. The molecule has 0 amide bonds. The molecule has 0 bridgehead atoms. The molecule has 0 spiro atoms. The minimum absolute atomic E-state index is 0.119. The molecule has 1 aliphatic heterocycles. The number of anilines is 1. The van der Waals surface area contributed by atoms with Crippen LogP contribution in [0.15, 0.2) is 35.9 Å². The second-order valence-corrected chi connectivity index (χ2v) is 8.05. The molecule has 156 valence electrons. The van der Waals surface area contributed by atoms with Crippen molar-refractivity contribution >= 4 is 34.9 Å². The predicted molar refractivity (Wildman–Crippen MR) is 118 cm³/mol. The summed E-state index contributed by atoms with van der Waals surface area (Å²) in [4.78, 5) is 17.2. The summed E-state index contributed by atoms with van der Waals surface area (Å²) in [6, 6.07) is 12.2. The summed E-state index contributed by atoms with van der Waals surface area (Å²) in [6.07, 6.45) is 1.47. The molecular formula is C22H24N4O3S. The summed E-state index contributed by atoms with van der Waals surface area (Å²) in [7, 11) is 0. The molecule has 8 heteroatoms. The average molecular weight is 425 g/mol. The van der Waals surface area contributed by atoms with Crippen LogP contribution in [-0.2, 0) is 4.74 Å². The smallest absolute Gasteiger partial charge is 0.343 e. The summed E-state index contributed by atoms with van der Waals surface area (Å²) >= 11 is 1.20. The van der Waals surface area contributed by atoms with Gasteiger partial charge in [0.1, 0.15) is 23.2 Å². The summed E-state index contributed by atoms with van der Waals surface area (Å²) in [5.41, 5.74) is 1.41. The first-order chi connectivity index (χ1) is 14.5. The molecule has 7 nitrogen and oxygen atoms in total. The number of nitrogens with one attached hydrogen (secondary N) is 1. The Bertz CT molecular complexity index is 999. The van der Waals surface area contributed by atoms with Crippen molar-refractivity contribution in [2.24, 2.45) is 0 Å². The maximum atomic E-state index is 12.1. The fourth-order valence-corrected chi connectivity index (χ4v) is 4.37. The summed E-state index contributed by atoms with van der Waals surface area (Å²) in [5, 5.41) is 28.6. The van der Waals surface area contributed by atoms with Gasteiger partial charge in [-0.3, -0.25) is 5.41 Å². The predicted octanol–water partition coefficient (Wildman–Crippen LogP) is 3.65. The number of para-hydroxylation sites is 1. The number of nitriles is 1. The highest BCUT2D eigenvalue weighted by Gasteiger charge is 2.24. The Labute approximate surface area is 179 Å². The van der Waals surface area contributed by atoms with Crippen molar-refractivity contribution in [3.63, 3.8) is 0 Å². The summed E-state index contributed by atoms with van der Waals surface area (Å²) in [6.45, 7) is 6.37. The van der Waals surface area contributed by atoms with Gasteiger partial charge in [0.2, 0.25) is 0 Å². The number of thiophene rings is 1. The lowest BCUT2D eigenvalue weighted by molar-refractivity contribution is 0.0523. The molecule has 1 aromatic heterocycles. The van der Waals surface area contributed by atoms with Gasteiger partial charge in [0.15, 0.2) is 0 Å². The minimum Gasteiger partial charge on any atom is -0.506 e. The number of aryl methyl sites for hydroxylation is 1. The van der Waals surface area contributed by atoms with Crippen LogP contribution in [0.4, 0.5) is 5.69 Å². The third-order valence-electron chi connectivity index (χ3n) is 4.93. The molecule has 3 rings (SSSR count). The van der Waals surface area contributed by atoms with Gasteiger partial charge in [-0.05, 0) is 32.1 Å². The van der Waals surface area contributed by atoms with Gasteiger partial charge in [0.25, 0.3) is 0 Å². The number of carbonyl (C=O) groups is 1. The highest BCUT2D eigenvalue weighted by Crippen LogP contribution is 2.36. The van der Waals surface area contributed by atoms with Gasteiger partial charge in [-0.1, -0.05) is 18.2 Å². The van der Waals surface area contributed by atoms with E-state index in [0.717, 1.165) is 18.8 Å². The SMILES string of the molecule is CCOC(=O)c1c(C)sc(/C=C(\C#N)C(=N)N2CCN(c3ccccc3)CC2)c1O. The zero-order chi connectivity index (χ0) is 21.7. The van der Waals surface area contributed by atoms with Crippen LogP contribution in [-0.4, -0.2) is 54.6 Å². The Morgan fingerprint density at radius 3 is 2.57 bits per heavy atom. The van der Waals surface area contributed by atoms with E-state index in [1.54, 1.807) is 13.8 Å². The van der Waals surface area contributed by atoms with Gasteiger partial charge in [-0.2, -0.15) is 5.26 Å². The lowest BCUT2D eigenvalue weighted by Gasteiger charge is -2.37. The van der Waals surface area contributed by atoms with Gasteiger partial charge in [0, 0.05) is 36.7 Å². The molecule has 1 fully saturated rings. The molecule has 0 aliphatic carbocycles. The van der Waals surface area contributed by atoms with E-state index in [0.29, 0.717) is 22.8 Å². The number of hydrogen-bond donors (Lipinski definition) is 2. The van der Waals surface area contributed by atoms with E-state index in [9.17, 15) is 15.2 Å². The number of piperazine rings is 1. The Balaban J connectivity index is 1.74. The van der Waals surface area contributed by atoms with Crippen LogP contribution in [0.3, 0.4) is 0 Å². The van der Waals surface area contributed by atoms with E-state index in [1.807, 2.05) is 23.1 Å². The van der Waals surface area contributed by atoms with Gasteiger partial charge in [-0.25, -0.2) is 4.79 Å². The third kappa shape index (κ3) is 4.47. The molecule has 1 aromatic carbocycles. The van der Waals surface area contributed by atoms with E-state index in [1.165, 1.54) is 17.4 Å². The number of aromatic hydroxyl groups is 1. The van der Waals surface area contributed by atoms with E-state index in [-0.39, 0.29) is 29.3 Å². The topological polar surface area (TPSA) is 101 Å². The summed E-state index contributed by atoms with van der Waals surface area (Å²) in [5.74, 6) is -0.673. The number of esters is 1. The van der Waals surface area contributed by atoms with E-state index in [4.69, 9.17) is 10.1 Å². The second kappa shape index (κ2) is 9.46. The molecule has 2 N–H and O–H groups in total. The maximum Gasteiger partial charge on any atom is 0.343 e. The molecule has 2 heterocycles. The van der Waals surface area contributed by atoms with Crippen LogP contribution in [0.2, 0.25) is 0 Å². The number of nitrogens with zero attached hydrogens (tertiary/aromatic N) is 3. The first-order valence-corrected chi connectivity index (χ1v) is 10.5. The molecule has 1 aliphatic rings. The van der Waals surface area contributed by atoms with Gasteiger partial charge in [0.05, 0.1) is 17.1 Å². The normalized spacial score (nSPS) is 14.4. The number of amidine groups is 1. The molecule has 1 saturated heterocycles. The van der Waals surface area contributed by atoms with Crippen molar-refractivity contribution in [3.05, 3.63) is 51.2 Å². The van der Waals surface area contributed by atoms with E-state index >= 15 is 0 Å². The largest absolute Gasteiger partial charge is 0.506 e. The molecule has 2 aromatic rings. The zero-order valence-corrected chi connectivity index (χ0v) is 17.8. The van der Waals surface area contributed by atoms with Crippen LogP contribution in [0.25, 0.3) is 6.08 Å². The lowest BCUT2D eigenvalue weighted by atomic mass is 10.1. The van der Waals surface area contributed by atoms with Gasteiger partial charge >= 0.3 is 5.97 Å². The first kappa shape index (κ1) is 21.4. The number of benzene rings is 1. The van der Waals surface area contributed by atoms with Gasteiger partial charge in [-0.15, -0.1) is 11.3 Å². The quantitative estimate of drug-likeness (QED) is 0.329. The van der Waals surface area contributed by atoms with Crippen molar-refractivity contribution in [2.45, 2.75) is 13.8 Å². The standard InChI is InChI=1S/C22H24N4O3S/c1-3-29-22(28)19-15(2)30-18(20(19)27)13-16(14-23)21(24)26-11-9-25(10-12-26)17-7-5-4-6-8-17/h4-8,13,24,27H,3,9-12H2,1-2H3/b16-13+,24-21?. The van der Waals surface area contributed by atoms with Crippen molar-refractivity contribution < 1.29 is 14.6 Å². The molecular weight excluding hydrogens is 400 g/mol. The Morgan fingerprint density at radius 2 is 1.97 bits per heavy atom. The Hall–Kier alpha value is -3.31. The lowest BCUT2D eigenvalue weighted by Crippen LogP contribution is -2.48. The Morgan fingerprint density at radius 1 is 1.30 bits per heavy atom. The fourth-order valence-electron chi connectivity index (χ4n) is 3.38. The Kier molecular flexibility index (Phi) is 6.75. The summed E-state index contributed by atoms with van der Waals surface area (Å²) < 4.78 is 4.99. The van der Waals surface area contributed by atoms with Crippen LogP contribution in [0, 0.1) is 23.7 Å². The number of ether oxygens (including phenoxy) is 1. The number of hydrogen-bond acceptors (Lipinski definition) is 7. The number of carbonyl (C=O) groups excluding carboxylic acids is 1. The zero-order valence-electron chi connectivity index (χ0n) is 17.0. The molecule has 0 radical (unpaired) electrons. The highest BCUT2D eigenvalue weighted by atomic mass is 32.1. The fraction of sp³-hybridized carbons (Fsp3) is 0.318. The van der Waals surface area contributed by atoms with Crippen LogP contribution >= 0.6 is 11.3 Å². The van der Waals surface area contributed by atoms with Gasteiger partial charge < -0.3 is 19.6 Å². The van der Waals surface area contributed by atoms with Crippen molar-refractivity contribution in [1.82, 2.24) is 4.90 Å². The molecule has 0 unspecified atom stereocenters. The number of rotatable bonds is 5. The van der Waals surface area contributed by atoms with Crippen LogP contribution in [0.1, 0.15) is 27.0 Å². The first-order valence-electron chi connectivity index (χ1n) is 9.71.